The van der Waals surface area contributed by atoms with Crippen molar-refractivity contribution in [1.29, 1.82) is 0 Å². The summed E-state index contributed by atoms with van der Waals surface area (Å²) in [6.07, 6.45) is 9.33. The predicted octanol–water partition coefficient (Wildman–Crippen LogP) is 6.66. The summed E-state index contributed by atoms with van der Waals surface area (Å²) in [5.41, 5.74) is 0. The van der Waals surface area contributed by atoms with E-state index in [9.17, 15) is 0 Å². The molecule has 5 heteroatoms. The van der Waals surface area contributed by atoms with Gasteiger partial charge < -0.3 is 13.6 Å². The van der Waals surface area contributed by atoms with E-state index < -0.39 is 16.6 Å². The van der Waals surface area contributed by atoms with Crippen molar-refractivity contribution in [3.63, 3.8) is 0 Å². The second-order valence-corrected chi connectivity index (χ2v) is 21.0. The van der Waals surface area contributed by atoms with E-state index in [1.165, 1.54) is 0 Å². The molecule has 0 aliphatic carbocycles. The average Bonchev–Trinajstić information content (AvgIpc) is 2.83. The van der Waals surface area contributed by atoms with E-state index in [1.807, 2.05) is 0 Å². The third-order valence-electron chi connectivity index (χ3n) is 7.27. The van der Waals surface area contributed by atoms with Gasteiger partial charge in [0.15, 0.2) is 16.6 Å². The molecule has 0 aromatic carbocycles. The molecule has 0 amide bonds. The van der Waals surface area contributed by atoms with Gasteiger partial charge in [-0.1, -0.05) is 53.7 Å². The molecule has 27 heavy (non-hydrogen) atoms. The Morgan fingerprint density at radius 1 is 0.778 bits per heavy atom. The summed E-state index contributed by atoms with van der Waals surface area (Å²) in [5.74, 6) is 0. The first-order chi connectivity index (χ1) is 12.2. The van der Waals surface area contributed by atoms with Crippen LogP contribution in [0.3, 0.4) is 0 Å². The Morgan fingerprint density at radius 2 is 1.26 bits per heavy atom. The molecule has 0 saturated carbocycles. The van der Waals surface area contributed by atoms with Crippen LogP contribution < -0.4 is 0 Å². The minimum absolute atomic E-state index is 0.0489. The normalized spacial score (nSPS) is 31.9. The Balaban J connectivity index is 2.34. The van der Waals surface area contributed by atoms with E-state index in [0.717, 1.165) is 25.7 Å². The lowest BCUT2D eigenvalue weighted by Crippen LogP contribution is -2.54. The molecular formula is C22H44O3Si2. The van der Waals surface area contributed by atoms with Gasteiger partial charge in [0.2, 0.25) is 0 Å². The number of rotatable bonds is 4. The molecule has 2 bridgehead atoms. The minimum atomic E-state index is -1.91. The summed E-state index contributed by atoms with van der Waals surface area (Å²) in [6, 6.07) is 0. The first-order valence-corrected chi connectivity index (χ1v) is 16.6. The van der Waals surface area contributed by atoms with E-state index in [-0.39, 0.29) is 34.5 Å². The Kier molecular flexibility index (Phi) is 6.96. The highest BCUT2D eigenvalue weighted by molar-refractivity contribution is 6.74. The first-order valence-electron chi connectivity index (χ1n) is 10.8. The number of hydrogen-bond donors (Lipinski definition) is 0. The van der Waals surface area contributed by atoms with Crippen LogP contribution in [0.5, 0.6) is 0 Å². The number of fused-ring (bicyclic) bond motifs is 2. The van der Waals surface area contributed by atoms with Crippen LogP contribution in [0.2, 0.25) is 36.3 Å². The first kappa shape index (κ1) is 23.3. The Morgan fingerprint density at radius 3 is 1.74 bits per heavy atom. The molecule has 2 heterocycles. The fourth-order valence-corrected chi connectivity index (χ4v) is 5.97. The zero-order valence-electron chi connectivity index (χ0n) is 19.5. The summed E-state index contributed by atoms with van der Waals surface area (Å²) >= 11 is 0. The Hall–Kier alpha value is 0.0538. The van der Waals surface area contributed by atoms with Gasteiger partial charge in [0, 0.05) is 0 Å². The van der Waals surface area contributed by atoms with E-state index in [1.54, 1.807) is 0 Å². The fraction of sp³-hybridized carbons (Fsp3) is 0.909. The Labute approximate surface area is 170 Å². The number of hydrogen-bond acceptors (Lipinski definition) is 3. The van der Waals surface area contributed by atoms with Crippen molar-refractivity contribution in [2.24, 2.45) is 0 Å². The van der Waals surface area contributed by atoms with E-state index >= 15 is 0 Å². The molecular weight excluding hydrogens is 368 g/mol. The largest absolute Gasteiger partial charge is 0.409 e. The van der Waals surface area contributed by atoms with Gasteiger partial charge in [0.1, 0.15) is 0 Å². The maximum absolute atomic E-state index is 6.99. The molecule has 0 radical (unpaired) electrons. The quantitative estimate of drug-likeness (QED) is 0.381. The maximum Gasteiger partial charge on any atom is 0.192 e. The zero-order chi connectivity index (χ0) is 20.7. The molecule has 2 rings (SSSR count). The third-order valence-corrected chi connectivity index (χ3v) is 16.2. The molecule has 0 spiro atoms. The molecule has 0 N–H and O–H groups in total. The summed E-state index contributed by atoms with van der Waals surface area (Å²) in [6.45, 7) is 23.3. The average molecular weight is 413 g/mol. The van der Waals surface area contributed by atoms with Crippen molar-refractivity contribution in [2.45, 2.75) is 128 Å². The van der Waals surface area contributed by atoms with E-state index in [4.69, 9.17) is 13.6 Å². The zero-order valence-corrected chi connectivity index (χ0v) is 21.5. The van der Waals surface area contributed by atoms with Gasteiger partial charge in [0.05, 0.1) is 24.4 Å². The van der Waals surface area contributed by atoms with Crippen LogP contribution in [0.4, 0.5) is 0 Å². The Bertz CT molecular complexity index is 529. The molecule has 1 fully saturated rings. The van der Waals surface area contributed by atoms with Crippen LogP contribution in [0.25, 0.3) is 0 Å². The van der Waals surface area contributed by atoms with Gasteiger partial charge in [0.25, 0.3) is 0 Å². The predicted molar refractivity (Wildman–Crippen MR) is 120 cm³/mol. The lowest BCUT2D eigenvalue weighted by Gasteiger charge is -2.44. The summed E-state index contributed by atoms with van der Waals surface area (Å²) < 4.78 is 20.5. The maximum atomic E-state index is 6.99. The van der Waals surface area contributed by atoms with Crippen molar-refractivity contribution in [3.05, 3.63) is 12.2 Å². The summed E-state index contributed by atoms with van der Waals surface area (Å²) in [4.78, 5) is 0. The van der Waals surface area contributed by atoms with Crippen molar-refractivity contribution in [3.8, 4) is 0 Å². The third kappa shape index (κ3) is 5.36. The molecule has 0 aromatic heterocycles. The lowest BCUT2D eigenvalue weighted by atomic mass is 10.0. The lowest BCUT2D eigenvalue weighted by molar-refractivity contribution is 0.00796. The van der Waals surface area contributed by atoms with Crippen molar-refractivity contribution in [1.82, 2.24) is 0 Å². The standard InChI is InChI=1S/C22H44O3Si2/c1-21(2,3)26(7,8)24-19-17-15-13-11-12-14-16-18(23-17)20(19)25-27(9,10)22(4,5)6/h11,13,17-20H,12,14-16H2,1-10H3/b13-11-/t17-,18+,19-,20-/m1/s1. The monoisotopic (exact) mass is 412 g/mol. The van der Waals surface area contributed by atoms with Crippen LogP contribution in [-0.2, 0) is 13.6 Å². The fourth-order valence-electron chi connectivity index (χ4n) is 3.33. The van der Waals surface area contributed by atoms with Gasteiger partial charge in [-0.3, -0.25) is 0 Å². The molecule has 3 nitrogen and oxygen atoms in total. The highest BCUT2D eigenvalue weighted by atomic mass is 28.4. The molecule has 0 unspecified atom stereocenters. The molecule has 1 saturated heterocycles. The van der Waals surface area contributed by atoms with Crippen molar-refractivity contribution >= 4 is 16.6 Å². The van der Waals surface area contributed by atoms with Crippen LogP contribution in [0.1, 0.15) is 67.2 Å². The van der Waals surface area contributed by atoms with Crippen molar-refractivity contribution < 1.29 is 13.6 Å². The van der Waals surface area contributed by atoms with E-state index in [2.05, 4.69) is 79.9 Å². The number of ether oxygens (including phenoxy) is 1. The van der Waals surface area contributed by atoms with Gasteiger partial charge in [-0.25, -0.2) is 0 Å². The van der Waals surface area contributed by atoms with Crippen LogP contribution in [-0.4, -0.2) is 41.1 Å². The topological polar surface area (TPSA) is 27.7 Å². The molecule has 2 aliphatic heterocycles. The van der Waals surface area contributed by atoms with Crippen LogP contribution in [0, 0.1) is 0 Å². The number of allylic oxidation sites excluding steroid dienone is 1. The summed E-state index contributed by atoms with van der Waals surface area (Å²) in [5, 5.41) is 0.373. The van der Waals surface area contributed by atoms with Gasteiger partial charge in [-0.15, -0.1) is 0 Å². The van der Waals surface area contributed by atoms with Crippen molar-refractivity contribution in [2.75, 3.05) is 0 Å². The molecule has 2 aliphatic rings. The highest BCUT2D eigenvalue weighted by Gasteiger charge is 2.52. The summed E-state index contributed by atoms with van der Waals surface area (Å²) in [7, 11) is -3.81. The minimum Gasteiger partial charge on any atom is -0.409 e. The van der Waals surface area contributed by atoms with Gasteiger partial charge in [-0.2, -0.15) is 0 Å². The molecule has 158 valence electrons. The highest BCUT2D eigenvalue weighted by Crippen LogP contribution is 2.44. The molecule has 0 aromatic rings. The van der Waals surface area contributed by atoms with Gasteiger partial charge >= 0.3 is 0 Å². The second-order valence-electron chi connectivity index (χ2n) is 11.5. The SMILES string of the molecule is CC(C)(C)[Si](C)(C)O[C@H]1[C@H](O[Si](C)(C)C(C)(C)C)[C@H]2C/C=C\CCC[C@@H]1O2. The smallest absolute Gasteiger partial charge is 0.192 e. The van der Waals surface area contributed by atoms with E-state index in [0.29, 0.717) is 0 Å². The van der Waals surface area contributed by atoms with Gasteiger partial charge in [-0.05, 0) is 61.9 Å². The molecule has 4 atom stereocenters. The van der Waals surface area contributed by atoms with Crippen LogP contribution in [0.15, 0.2) is 12.2 Å². The van der Waals surface area contributed by atoms with Crippen LogP contribution >= 0.6 is 0 Å². The second kappa shape index (κ2) is 8.06.